The molecule has 0 aliphatic heterocycles. The molecular formula is C13H19ClN2O. The van der Waals surface area contributed by atoms with Gasteiger partial charge in [0.15, 0.2) is 5.78 Å². The van der Waals surface area contributed by atoms with Gasteiger partial charge in [-0.3, -0.25) is 9.69 Å². The zero-order valence-electron chi connectivity index (χ0n) is 10.6. The van der Waals surface area contributed by atoms with Crippen molar-refractivity contribution in [2.24, 2.45) is 0 Å². The summed E-state index contributed by atoms with van der Waals surface area (Å²) in [6.45, 7) is 2.24. The monoisotopic (exact) mass is 254 g/mol. The summed E-state index contributed by atoms with van der Waals surface area (Å²) in [5, 5.41) is 0.604. The Labute approximate surface area is 108 Å². The molecule has 1 aromatic carbocycles. The molecule has 0 radical (unpaired) electrons. The molecule has 0 aliphatic carbocycles. The van der Waals surface area contributed by atoms with Crippen molar-refractivity contribution in [1.82, 2.24) is 9.80 Å². The predicted molar refractivity (Wildman–Crippen MR) is 71.8 cm³/mol. The maximum Gasteiger partial charge on any atom is 0.176 e. The van der Waals surface area contributed by atoms with Gasteiger partial charge in [0, 0.05) is 23.7 Å². The molecule has 0 heterocycles. The lowest BCUT2D eigenvalue weighted by atomic mass is 10.1. The molecule has 0 aromatic heterocycles. The van der Waals surface area contributed by atoms with Crippen molar-refractivity contribution in [3.63, 3.8) is 0 Å². The minimum atomic E-state index is 0.105. The molecule has 1 rings (SSSR count). The number of benzene rings is 1. The van der Waals surface area contributed by atoms with E-state index in [2.05, 4.69) is 4.90 Å². The molecule has 0 atom stereocenters. The number of likely N-dealkylation sites (N-methyl/N-ethyl adjacent to an activating group) is 2. The van der Waals surface area contributed by atoms with Crippen molar-refractivity contribution in [3.05, 3.63) is 34.9 Å². The summed E-state index contributed by atoms with van der Waals surface area (Å²) < 4.78 is 0. The largest absolute Gasteiger partial charge is 0.308 e. The van der Waals surface area contributed by atoms with E-state index in [-0.39, 0.29) is 5.78 Å². The molecule has 17 heavy (non-hydrogen) atoms. The number of hydrogen-bond acceptors (Lipinski definition) is 3. The number of Topliss-reactive ketones (excluding diaryl/α,β-unsaturated/α-hetero) is 1. The van der Waals surface area contributed by atoms with Crippen LogP contribution in [0.15, 0.2) is 24.3 Å². The normalized spacial score (nSPS) is 11.2. The quantitative estimate of drug-likeness (QED) is 0.726. The predicted octanol–water partition coefficient (Wildman–Crippen LogP) is 2.02. The van der Waals surface area contributed by atoms with E-state index < -0.39 is 0 Å². The lowest BCUT2D eigenvalue weighted by Crippen LogP contribution is -2.32. The Balaban J connectivity index is 2.49. The van der Waals surface area contributed by atoms with Crippen LogP contribution in [0.5, 0.6) is 0 Å². The standard InChI is InChI=1S/C13H19ClN2O/c1-15(2)7-8-16(3)10-13(17)11-5-4-6-12(14)9-11/h4-6,9H,7-8,10H2,1-3H3. The topological polar surface area (TPSA) is 23.6 Å². The number of ketones is 1. The highest BCUT2D eigenvalue weighted by Gasteiger charge is 2.09. The van der Waals surface area contributed by atoms with Crippen LogP contribution in [0.2, 0.25) is 5.02 Å². The van der Waals surface area contributed by atoms with Gasteiger partial charge in [-0.1, -0.05) is 23.7 Å². The Morgan fingerprint density at radius 3 is 2.53 bits per heavy atom. The van der Waals surface area contributed by atoms with E-state index in [0.29, 0.717) is 17.1 Å². The van der Waals surface area contributed by atoms with E-state index in [4.69, 9.17) is 11.6 Å². The molecule has 3 nitrogen and oxygen atoms in total. The smallest absolute Gasteiger partial charge is 0.176 e. The van der Waals surface area contributed by atoms with Crippen LogP contribution >= 0.6 is 11.6 Å². The van der Waals surface area contributed by atoms with Crippen molar-refractivity contribution >= 4 is 17.4 Å². The molecule has 4 heteroatoms. The molecule has 0 bridgehead atoms. The number of halogens is 1. The SMILES string of the molecule is CN(C)CCN(C)CC(=O)c1cccc(Cl)c1. The van der Waals surface area contributed by atoms with Crippen molar-refractivity contribution < 1.29 is 4.79 Å². The van der Waals surface area contributed by atoms with Gasteiger partial charge >= 0.3 is 0 Å². The minimum Gasteiger partial charge on any atom is -0.308 e. The number of carbonyl (C=O) groups is 1. The van der Waals surface area contributed by atoms with E-state index in [0.717, 1.165) is 13.1 Å². The van der Waals surface area contributed by atoms with E-state index in [1.807, 2.05) is 26.0 Å². The van der Waals surface area contributed by atoms with Gasteiger partial charge in [0.1, 0.15) is 0 Å². The molecule has 0 saturated carbocycles. The highest BCUT2D eigenvalue weighted by molar-refractivity contribution is 6.31. The van der Waals surface area contributed by atoms with E-state index in [9.17, 15) is 4.79 Å². The fourth-order valence-corrected chi connectivity index (χ4v) is 1.64. The first kappa shape index (κ1) is 14.2. The van der Waals surface area contributed by atoms with Crippen LogP contribution in [0, 0.1) is 0 Å². The molecule has 0 spiro atoms. The third-order valence-corrected chi connectivity index (χ3v) is 2.72. The summed E-state index contributed by atoms with van der Waals surface area (Å²) >= 11 is 5.86. The van der Waals surface area contributed by atoms with Crippen LogP contribution < -0.4 is 0 Å². The highest BCUT2D eigenvalue weighted by Crippen LogP contribution is 2.11. The van der Waals surface area contributed by atoms with E-state index in [1.165, 1.54) is 0 Å². The zero-order chi connectivity index (χ0) is 12.8. The van der Waals surface area contributed by atoms with Crippen LogP contribution in [0.3, 0.4) is 0 Å². The molecule has 0 fully saturated rings. The van der Waals surface area contributed by atoms with Crippen LogP contribution in [0.1, 0.15) is 10.4 Å². The van der Waals surface area contributed by atoms with Crippen molar-refractivity contribution in [1.29, 1.82) is 0 Å². The van der Waals surface area contributed by atoms with Crippen molar-refractivity contribution in [2.75, 3.05) is 40.8 Å². The average Bonchev–Trinajstić information content (AvgIpc) is 2.26. The zero-order valence-corrected chi connectivity index (χ0v) is 11.4. The van der Waals surface area contributed by atoms with Gasteiger partial charge in [0.25, 0.3) is 0 Å². The maximum atomic E-state index is 11.9. The first-order valence-corrected chi connectivity index (χ1v) is 5.99. The molecule has 94 valence electrons. The lowest BCUT2D eigenvalue weighted by Gasteiger charge is -2.18. The Morgan fingerprint density at radius 2 is 1.94 bits per heavy atom. The Hall–Kier alpha value is -0.900. The van der Waals surface area contributed by atoms with Gasteiger partial charge in [-0.2, -0.15) is 0 Å². The summed E-state index contributed by atoms with van der Waals surface area (Å²) in [5.74, 6) is 0.105. The van der Waals surface area contributed by atoms with Crippen molar-refractivity contribution in [2.45, 2.75) is 0 Å². The number of carbonyl (C=O) groups excluding carboxylic acids is 1. The van der Waals surface area contributed by atoms with E-state index >= 15 is 0 Å². The van der Waals surface area contributed by atoms with Crippen LogP contribution in [-0.2, 0) is 0 Å². The van der Waals surface area contributed by atoms with Crippen LogP contribution in [0.25, 0.3) is 0 Å². The third kappa shape index (κ3) is 5.31. The average molecular weight is 255 g/mol. The van der Waals surface area contributed by atoms with E-state index in [1.54, 1.807) is 24.3 Å². The molecule has 0 amide bonds. The molecule has 0 aliphatic rings. The third-order valence-electron chi connectivity index (χ3n) is 2.49. The van der Waals surface area contributed by atoms with Gasteiger partial charge in [-0.05, 0) is 33.3 Å². The second kappa shape index (κ2) is 6.74. The number of nitrogens with zero attached hydrogens (tertiary/aromatic N) is 2. The second-order valence-corrected chi connectivity index (χ2v) is 4.91. The first-order chi connectivity index (χ1) is 7.99. The fourth-order valence-electron chi connectivity index (χ4n) is 1.45. The number of hydrogen-bond donors (Lipinski definition) is 0. The van der Waals surface area contributed by atoms with Crippen LogP contribution in [0.4, 0.5) is 0 Å². The maximum absolute atomic E-state index is 11.9. The Morgan fingerprint density at radius 1 is 1.24 bits per heavy atom. The fraction of sp³-hybridized carbons (Fsp3) is 0.462. The minimum absolute atomic E-state index is 0.105. The summed E-state index contributed by atoms with van der Waals surface area (Å²) in [7, 11) is 5.99. The van der Waals surface area contributed by atoms with Gasteiger partial charge < -0.3 is 4.90 Å². The lowest BCUT2D eigenvalue weighted by molar-refractivity contribution is 0.0942. The van der Waals surface area contributed by atoms with Gasteiger partial charge in [-0.15, -0.1) is 0 Å². The first-order valence-electron chi connectivity index (χ1n) is 5.61. The summed E-state index contributed by atoms with van der Waals surface area (Å²) in [4.78, 5) is 16.1. The van der Waals surface area contributed by atoms with Gasteiger partial charge in [0.05, 0.1) is 6.54 Å². The highest BCUT2D eigenvalue weighted by atomic mass is 35.5. The molecule has 1 aromatic rings. The number of rotatable bonds is 6. The molecule has 0 unspecified atom stereocenters. The summed E-state index contributed by atoms with van der Waals surface area (Å²) in [6, 6.07) is 7.08. The van der Waals surface area contributed by atoms with Gasteiger partial charge in [0.2, 0.25) is 0 Å². The Kier molecular flexibility index (Phi) is 5.62. The van der Waals surface area contributed by atoms with Gasteiger partial charge in [-0.25, -0.2) is 0 Å². The second-order valence-electron chi connectivity index (χ2n) is 4.47. The molecule has 0 N–H and O–H groups in total. The van der Waals surface area contributed by atoms with Crippen LogP contribution in [-0.4, -0.2) is 56.4 Å². The summed E-state index contributed by atoms with van der Waals surface area (Å²) in [5.41, 5.74) is 0.675. The Bertz CT molecular complexity index is 379. The van der Waals surface area contributed by atoms with Crippen molar-refractivity contribution in [3.8, 4) is 0 Å². The molecule has 0 saturated heterocycles. The summed E-state index contributed by atoms with van der Waals surface area (Å²) in [6.07, 6.45) is 0. The molecular weight excluding hydrogens is 236 g/mol.